The molecule has 3 amide bonds. The Kier molecular flexibility index (Phi) is 8.31. The van der Waals surface area contributed by atoms with E-state index in [1.807, 2.05) is 26.0 Å². The van der Waals surface area contributed by atoms with Gasteiger partial charge >= 0.3 is 5.97 Å². The molecule has 0 spiro atoms. The second kappa shape index (κ2) is 11.8. The van der Waals surface area contributed by atoms with Crippen molar-refractivity contribution in [1.82, 2.24) is 0 Å². The number of halogens is 1. The highest BCUT2D eigenvalue weighted by atomic mass is 35.5. The molecule has 1 heterocycles. The Hall–Kier alpha value is -4.63. The summed E-state index contributed by atoms with van der Waals surface area (Å²) in [5, 5.41) is 5.48. The van der Waals surface area contributed by atoms with Crippen LogP contribution in [0.15, 0.2) is 83.5 Å². The van der Waals surface area contributed by atoms with E-state index in [-0.39, 0.29) is 40.4 Å². The van der Waals surface area contributed by atoms with Crippen LogP contribution in [0.1, 0.15) is 29.8 Å². The van der Waals surface area contributed by atoms with Gasteiger partial charge in [-0.2, -0.15) is 0 Å². The number of para-hydroxylation sites is 2. The lowest BCUT2D eigenvalue weighted by Gasteiger charge is -2.16. The van der Waals surface area contributed by atoms with E-state index in [0.717, 1.165) is 10.5 Å². The van der Waals surface area contributed by atoms with Gasteiger partial charge in [-0.05, 0) is 61.9 Å². The third kappa shape index (κ3) is 6.27. The SMILES string of the molecule is COC(=O)c1cccc(N2C(=O)C(Cl)=C(Nc3ccc(CC(=O)Nc4ccccc4OC(C)C)cc3)C2=O)c1. The second-order valence-corrected chi connectivity index (χ2v) is 9.26. The number of hydrogen-bond acceptors (Lipinski definition) is 7. The molecule has 0 aromatic heterocycles. The molecule has 1 aliphatic rings. The van der Waals surface area contributed by atoms with Crippen molar-refractivity contribution in [2.45, 2.75) is 26.4 Å². The first kappa shape index (κ1) is 27.4. The Balaban J connectivity index is 1.42. The van der Waals surface area contributed by atoms with Gasteiger partial charge in [-0.15, -0.1) is 0 Å². The van der Waals surface area contributed by atoms with Crippen LogP contribution < -0.4 is 20.3 Å². The summed E-state index contributed by atoms with van der Waals surface area (Å²) in [6.07, 6.45) is 0.0763. The van der Waals surface area contributed by atoms with Crippen LogP contribution in [-0.2, 0) is 25.5 Å². The van der Waals surface area contributed by atoms with Gasteiger partial charge in [0.1, 0.15) is 16.5 Å². The van der Waals surface area contributed by atoms with Crippen molar-refractivity contribution < 1.29 is 28.7 Å². The number of nitrogens with zero attached hydrogens (tertiary/aromatic N) is 1. The molecule has 4 rings (SSSR count). The Bertz CT molecular complexity index is 1470. The largest absolute Gasteiger partial charge is 0.489 e. The predicted molar refractivity (Wildman–Crippen MR) is 148 cm³/mol. The summed E-state index contributed by atoms with van der Waals surface area (Å²) in [6, 6.07) is 20.0. The molecular weight excluding hydrogens is 522 g/mol. The molecule has 0 unspecified atom stereocenters. The van der Waals surface area contributed by atoms with Crippen LogP contribution in [0.3, 0.4) is 0 Å². The number of carbonyl (C=O) groups excluding carboxylic acids is 4. The lowest BCUT2D eigenvalue weighted by molar-refractivity contribution is -0.120. The predicted octanol–water partition coefficient (Wildman–Crippen LogP) is 4.88. The molecule has 0 saturated carbocycles. The van der Waals surface area contributed by atoms with E-state index in [0.29, 0.717) is 17.1 Å². The fourth-order valence-electron chi connectivity index (χ4n) is 3.89. The highest BCUT2D eigenvalue weighted by molar-refractivity contribution is 6.53. The zero-order valence-corrected chi connectivity index (χ0v) is 22.2. The van der Waals surface area contributed by atoms with Gasteiger partial charge in [0.15, 0.2) is 0 Å². The summed E-state index contributed by atoms with van der Waals surface area (Å²) in [4.78, 5) is 51.3. The number of nitrogens with one attached hydrogen (secondary N) is 2. The molecule has 0 fully saturated rings. The molecule has 10 heteroatoms. The van der Waals surface area contributed by atoms with E-state index < -0.39 is 17.8 Å². The first-order valence-corrected chi connectivity index (χ1v) is 12.4. The standard InChI is InChI=1S/C29H26ClN3O6/c1-17(2)39-23-10-5-4-9-22(23)32-24(34)15-18-11-13-20(14-12-18)31-26-25(30)27(35)33(28(26)36)21-8-6-7-19(16-21)29(37)38-3/h4-14,16-17,31H,15H2,1-3H3,(H,32,34). The van der Waals surface area contributed by atoms with Gasteiger partial charge in [-0.1, -0.05) is 41.9 Å². The average Bonchev–Trinajstić information content (AvgIpc) is 3.13. The first-order chi connectivity index (χ1) is 18.7. The Labute approximate surface area is 230 Å². The minimum atomic E-state index is -0.721. The molecule has 9 nitrogen and oxygen atoms in total. The van der Waals surface area contributed by atoms with Crippen molar-refractivity contribution in [3.63, 3.8) is 0 Å². The van der Waals surface area contributed by atoms with E-state index in [1.54, 1.807) is 36.4 Å². The Morgan fingerprint density at radius 2 is 1.67 bits per heavy atom. The number of anilines is 3. The molecule has 0 bridgehead atoms. The first-order valence-electron chi connectivity index (χ1n) is 12.1. The maximum absolute atomic E-state index is 13.1. The molecule has 0 atom stereocenters. The number of rotatable bonds is 9. The third-order valence-corrected chi connectivity index (χ3v) is 6.02. The molecule has 39 heavy (non-hydrogen) atoms. The fourth-order valence-corrected chi connectivity index (χ4v) is 4.10. The molecular formula is C29H26ClN3O6. The minimum absolute atomic E-state index is 0.0362. The summed E-state index contributed by atoms with van der Waals surface area (Å²) in [6.45, 7) is 3.82. The van der Waals surface area contributed by atoms with Crippen molar-refractivity contribution in [2.75, 3.05) is 22.6 Å². The molecule has 3 aromatic carbocycles. The monoisotopic (exact) mass is 547 g/mol. The quantitative estimate of drug-likeness (QED) is 0.290. The zero-order chi connectivity index (χ0) is 28.1. The lowest BCUT2D eigenvalue weighted by atomic mass is 10.1. The maximum atomic E-state index is 13.1. The van der Waals surface area contributed by atoms with Crippen LogP contribution in [0.2, 0.25) is 0 Å². The molecule has 3 aromatic rings. The van der Waals surface area contributed by atoms with Crippen molar-refractivity contribution >= 4 is 52.4 Å². The van der Waals surface area contributed by atoms with Crippen molar-refractivity contribution in [2.24, 2.45) is 0 Å². The van der Waals surface area contributed by atoms with Gasteiger partial charge in [-0.25, -0.2) is 9.69 Å². The van der Waals surface area contributed by atoms with Gasteiger partial charge in [-0.3, -0.25) is 14.4 Å². The number of carbonyl (C=O) groups is 4. The number of amides is 3. The molecule has 0 radical (unpaired) electrons. The van der Waals surface area contributed by atoms with Crippen LogP contribution in [0.25, 0.3) is 0 Å². The highest BCUT2D eigenvalue weighted by Gasteiger charge is 2.39. The highest BCUT2D eigenvalue weighted by Crippen LogP contribution is 2.31. The zero-order valence-electron chi connectivity index (χ0n) is 21.5. The van der Waals surface area contributed by atoms with E-state index >= 15 is 0 Å². The van der Waals surface area contributed by atoms with E-state index in [2.05, 4.69) is 10.6 Å². The normalized spacial score (nSPS) is 13.1. The van der Waals surface area contributed by atoms with Gasteiger partial charge in [0.25, 0.3) is 11.8 Å². The third-order valence-electron chi connectivity index (χ3n) is 5.66. The van der Waals surface area contributed by atoms with Crippen LogP contribution >= 0.6 is 11.6 Å². The number of imide groups is 1. The minimum Gasteiger partial charge on any atom is -0.489 e. The van der Waals surface area contributed by atoms with Crippen LogP contribution in [0.5, 0.6) is 5.75 Å². The smallest absolute Gasteiger partial charge is 0.337 e. The van der Waals surface area contributed by atoms with Gasteiger partial charge in [0, 0.05) is 5.69 Å². The van der Waals surface area contributed by atoms with Crippen molar-refractivity contribution in [3.05, 3.63) is 94.7 Å². The Morgan fingerprint density at radius 1 is 0.949 bits per heavy atom. The number of hydrogen-bond donors (Lipinski definition) is 2. The summed E-state index contributed by atoms with van der Waals surface area (Å²) in [7, 11) is 1.24. The topological polar surface area (TPSA) is 114 Å². The van der Waals surface area contributed by atoms with Gasteiger partial charge < -0.3 is 20.1 Å². The van der Waals surface area contributed by atoms with Crippen molar-refractivity contribution in [1.29, 1.82) is 0 Å². The number of benzene rings is 3. The Morgan fingerprint density at radius 3 is 2.36 bits per heavy atom. The number of esters is 1. The number of ether oxygens (including phenoxy) is 2. The van der Waals surface area contributed by atoms with E-state index in [9.17, 15) is 19.2 Å². The molecule has 1 aliphatic heterocycles. The van der Waals surface area contributed by atoms with Crippen LogP contribution in [0.4, 0.5) is 17.1 Å². The molecule has 0 aliphatic carbocycles. The fraction of sp³-hybridized carbons (Fsp3) is 0.172. The summed E-state index contributed by atoms with van der Waals surface area (Å²) in [5.41, 5.74) is 2.08. The molecule has 200 valence electrons. The van der Waals surface area contributed by atoms with Crippen LogP contribution in [0, 0.1) is 0 Å². The summed E-state index contributed by atoms with van der Waals surface area (Å²) in [5.74, 6) is -1.62. The summed E-state index contributed by atoms with van der Waals surface area (Å²) < 4.78 is 10.4. The van der Waals surface area contributed by atoms with Gasteiger partial charge in [0.05, 0.1) is 36.6 Å². The average molecular weight is 548 g/mol. The van der Waals surface area contributed by atoms with Crippen LogP contribution in [-0.4, -0.2) is 36.9 Å². The summed E-state index contributed by atoms with van der Waals surface area (Å²) >= 11 is 6.22. The lowest BCUT2D eigenvalue weighted by Crippen LogP contribution is -2.32. The van der Waals surface area contributed by atoms with Crippen molar-refractivity contribution in [3.8, 4) is 5.75 Å². The maximum Gasteiger partial charge on any atom is 0.337 e. The molecule has 0 saturated heterocycles. The van der Waals surface area contributed by atoms with E-state index in [4.69, 9.17) is 21.1 Å². The molecule has 2 N–H and O–H groups in total. The number of methoxy groups -OCH3 is 1. The van der Waals surface area contributed by atoms with Gasteiger partial charge in [0.2, 0.25) is 5.91 Å². The van der Waals surface area contributed by atoms with E-state index in [1.165, 1.54) is 31.4 Å². The second-order valence-electron chi connectivity index (χ2n) is 8.89.